The quantitative estimate of drug-likeness (QED) is 0.0625. The summed E-state index contributed by atoms with van der Waals surface area (Å²) in [7, 11) is 1.61. The van der Waals surface area contributed by atoms with Crippen molar-refractivity contribution in [1.29, 1.82) is 0 Å². The summed E-state index contributed by atoms with van der Waals surface area (Å²) in [6.07, 6.45) is -3.67. The average Bonchev–Trinajstić information content (AvgIpc) is 2.90. The molecule has 2 aliphatic carbocycles. The van der Waals surface area contributed by atoms with Gasteiger partial charge in [-0.3, -0.25) is 4.99 Å². The van der Waals surface area contributed by atoms with Crippen LogP contribution in [0.4, 0.5) is 0 Å². The molecule has 41 heavy (non-hydrogen) atoms. The van der Waals surface area contributed by atoms with Crippen LogP contribution in [0.2, 0.25) is 0 Å². The zero-order valence-corrected chi connectivity index (χ0v) is 24.0. The minimum atomic E-state index is -1.36. The Morgan fingerprint density at radius 1 is 1.05 bits per heavy atom. The molecule has 2 saturated heterocycles. The fraction of sp³-hybridized carbons (Fsp3) is 0.962. The first-order valence-corrected chi connectivity index (χ1v) is 14.6. The molecule has 15 heteroatoms. The molecule has 15 nitrogen and oxygen atoms in total. The van der Waals surface area contributed by atoms with E-state index in [1.807, 2.05) is 0 Å². The normalized spacial score (nSPS) is 45.3. The number of amidine groups is 1. The van der Waals surface area contributed by atoms with Gasteiger partial charge in [-0.1, -0.05) is 0 Å². The predicted molar refractivity (Wildman–Crippen MR) is 148 cm³/mol. The number of ether oxygens (including phenoxy) is 4. The van der Waals surface area contributed by atoms with Crippen LogP contribution in [0.1, 0.15) is 45.4 Å². The predicted octanol–water partition coefficient (Wildman–Crippen LogP) is -4.04. The lowest BCUT2D eigenvalue weighted by Crippen LogP contribution is -2.68. The molecule has 0 bridgehead atoms. The summed E-state index contributed by atoms with van der Waals surface area (Å²) in [6, 6.07) is -2.73. The molecular formula is C26H50N6O9. The van der Waals surface area contributed by atoms with E-state index in [1.54, 1.807) is 14.0 Å². The van der Waals surface area contributed by atoms with Crippen LogP contribution in [0.3, 0.4) is 0 Å². The Morgan fingerprint density at radius 3 is 2.39 bits per heavy atom. The molecule has 0 radical (unpaired) electrons. The molecule has 0 unspecified atom stereocenters. The van der Waals surface area contributed by atoms with E-state index in [0.29, 0.717) is 38.8 Å². The van der Waals surface area contributed by atoms with Gasteiger partial charge < -0.3 is 72.3 Å². The number of aliphatic hydroxyl groups is 5. The Labute approximate surface area is 240 Å². The third kappa shape index (κ3) is 7.37. The Balaban J connectivity index is 1.53. The molecule has 2 heterocycles. The first-order chi connectivity index (χ1) is 19.4. The Kier molecular flexibility index (Phi) is 11.0. The first kappa shape index (κ1) is 32.9. The van der Waals surface area contributed by atoms with Gasteiger partial charge in [0.15, 0.2) is 12.6 Å². The maximum atomic E-state index is 11.6. The molecule has 0 aromatic carbocycles. The van der Waals surface area contributed by atoms with Crippen molar-refractivity contribution in [2.75, 3.05) is 33.4 Å². The van der Waals surface area contributed by atoms with Gasteiger partial charge in [0.2, 0.25) is 0 Å². The van der Waals surface area contributed by atoms with Crippen molar-refractivity contribution in [3.8, 4) is 0 Å². The Bertz CT molecular complexity index is 880. The SMILES string of the molecule is CN[C@@H]1[C@@H](O)[C@@H](O[C@@H]2[C@@H](O)[C@H](O[C@H]3O[C@H](CNCCO)CC[C@H]3N)[C@@H](N)C[C@H]2N=C(N)C2(O)CCC2)OC[C@]1(C)O. The molecule has 4 rings (SSSR count). The van der Waals surface area contributed by atoms with Crippen molar-refractivity contribution in [2.24, 2.45) is 22.2 Å². The van der Waals surface area contributed by atoms with Crippen LogP contribution in [-0.4, -0.2) is 143 Å². The number of nitrogens with one attached hydrogen (secondary N) is 2. The smallest absolute Gasteiger partial charge is 0.185 e. The molecule has 4 fully saturated rings. The van der Waals surface area contributed by atoms with E-state index in [0.717, 1.165) is 6.42 Å². The minimum Gasteiger partial charge on any atom is -0.395 e. The van der Waals surface area contributed by atoms with E-state index in [2.05, 4.69) is 15.6 Å². The number of nitrogens with two attached hydrogens (primary N) is 3. The summed E-state index contributed by atoms with van der Waals surface area (Å²) in [6.45, 7) is 2.36. The summed E-state index contributed by atoms with van der Waals surface area (Å²) in [5.74, 6) is 0.0399. The van der Waals surface area contributed by atoms with Gasteiger partial charge in [0.1, 0.15) is 41.5 Å². The van der Waals surface area contributed by atoms with Crippen LogP contribution in [-0.2, 0) is 18.9 Å². The standard InChI is InChI=1S/C26H50N6O9/c1-25(36)12-38-23(18(35)21(25)30-2)41-20-16(32-24(29)26(37)6-3-7-26)10-15(28)19(17(20)34)40-22-14(27)5-4-13(39-22)11-31-8-9-33/h13-23,30-31,33-37H,3-12,27-28H2,1-2H3,(H2,29,32)/t13-,14+,15-,16+,17-,18+,19+,20-,21+,22+,23+,25-/m0/s1. The number of likely N-dealkylation sites (N-methyl/N-ethyl adjacent to an activating group) is 1. The van der Waals surface area contributed by atoms with Gasteiger partial charge in [-0.25, -0.2) is 0 Å². The second-order valence-corrected chi connectivity index (χ2v) is 12.1. The molecule has 2 aliphatic heterocycles. The zero-order chi connectivity index (χ0) is 29.9. The zero-order valence-electron chi connectivity index (χ0n) is 24.0. The van der Waals surface area contributed by atoms with E-state index in [9.17, 15) is 20.4 Å². The molecule has 2 saturated carbocycles. The molecule has 238 valence electrons. The molecule has 0 amide bonds. The van der Waals surface area contributed by atoms with Gasteiger partial charge in [0, 0.05) is 19.1 Å². The Morgan fingerprint density at radius 2 is 1.76 bits per heavy atom. The first-order valence-electron chi connectivity index (χ1n) is 14.6. The molecule has 13 N–H and O–H groups in total. The number of rotatable bonds is 11. The highest BCUT2D eigenvalue weighted by Gasteiger charge is 2.52. The highest BCUT2D eigenvalue weighted by Crippen LogP contribution is 2.36. The lowest BCUT2D eigenvalue weighted by atomic mass is 9.78. The molecular weight excluding hydrogens is 540 g/mol. The summed E-state index contributed by atoms with van der Waals surface area (Å²) in [5.41, 5.74) is 16.5. The van der Waals surface area contributed by atoms with Crippen LogP contribution in [0, 0.1) is 0 Å². The number of aliphatic hydroxyl groups excluding tert-OH is 3. The van der Waals surface area contributed by atoms with Gasteiger partial charge in [0.25, 0.3) is 0 Å². The van der Waals surface area contributed by atoms with Crippen molar-refractivity contribution in [3.05, 3.63) is 0 Å². The number of nitrogens with zero attached hydrogens (tertiary/aromatic N) is 1. The molecule has 12 atom stereocenters. The largest absolute Gasteiger partial charge is 0.395 e. The second-order valence-electron chi connectivity index (χ2n) is 12.1. The van der Waals surface area contributed by atoms with Crippen molar-refractivity contribution in [3.63, 3.8) is 0 Å². The van der Waals surface area contributed by atoms with Crippen LogP contribution >= 0.6 is 0 Å². The second kappa shape index (κ2) is 13.7. The lowest BCUT2D eigenvalue weighted by Gasteiger charge is -2.48. The molecule has 4 aliphatic rings. The summed E-state index contributed by atoms with van der Waals surface area (Å²) < 4.78 is 24.2. The van der Waals surface area contributed by atoms with Crippen LogP contribution in [0.25, 0.3) is 0 Å². The van der Waals surface area contributed by atoms with Crippen LogP contribution < -0.4 is 27.8 Å². The average molecular weight is 591 g/mol. The van der Waals surface area contributed by atoms with Gasteiger partial charge in [-0.15, -0.1) is 0 Å². The third-order valence-electron chi connectivity index (χ3n) is 8.83. The van der Waals surface area contributed by atoms with E-state index in [1.165, 1.54) is 0 Å². The van der Waals surface area contributed by atoms with Crippen LogP contribution in [0.5, 0.6) is 0 Å². The van der Waals surface area contributed by atoms with Gasteiger partial charge in [-0.05, 0) is 52.5 Å². The highest BCUT2D eigenvalue weighted by molar-refractivity contribution is 5.89. The minimum absolute atomic E-state index is 0.00819. The van der Waals surface area contributed by atoms with Crippen molar-refractivity contribution in [1.82, 2.24) is 10.6 Å². The maximum absolute atomic E-state index is 11.6. The Hall–Kier alpha value is -1.05. The fourth-order valence-electron chi connectivity index (χ4n) is 6.13. The van der Waals surface area contributed by atoms with Gasteiger partial charge in [0.05, 0.1) is 37.4 Å². The molecule has 0 aromatic rings. The number of hydrogen-bond donors (Lipinski definition) is 10. The lowest BCUT2D eigenvalue weighted by molar-refractivity contribution is -0.306. The van der Waals surface area contributed by atoms with Gasteiger partial charge >= 0.3 is 0 Å². The maximum Gasteiger partial charge on any atom is 0.185 e. The summed E-state index contributed by atoms with van der Waals surface area (Å²) >= 11 is 0. The fourth-order valence-corrected chi connectivity index (χ4v) is 6.13. The van der Waals surface area contributed by atoms with Crippen molar-refractivity contribution < 1.29 is 44.5 Å². The van der Waals surface area contributed by atoms with E-state index in [-0.39, 0.29) is 31.6 Å². The van der Waals surface area contributed by atoms with Crippen LogP contribution in [0.15, 0.2) is 4.99 Å². The third-order valence-corrected chi connectivity index (χ3v) is 8.83. The van der Waals surface area contributed by atoms with Crippen molar-refractivity contribution >= 4 is 5.84 Å². The monoisotopic (exact) mass is 590 g/mol. The molecule has 0 spiro atoms. The topological polar surface area (TPSA) is 253 Å². The van der Waals surface area contributed by atoms with Crippen molar-refractivity contribution in [2.45, 2.75) is 124 Å². The van der Waals surface area contributed by atoms with E-state index in [4.69, 9.17) is 41.3 Å². The number of aliphatic imine (C=N–C) groups is 1. The van der Waals surface area contributed by atoms with E-state index < -0.39 is 72.4 Å². The number of hydrogen-bond acceptors (Lipinski definition) is 14. The van der Waals surface area contributed by atoms with E-state index >= 15 is 0 Å². The highest BCUT2D eigenvalue weighted by atomic mass is 16.7. The summed E-state index contributed by atoms with van der Waals surface area (Å²) in [5, 5.41) is 59.1. The summed E-state index contributed by atoms with van der Waals surface area (Å²) in [4.78, 5) is 4.56. The van der Waals surface area contributed by atoms with Gasteiger partial charge in [-0.2, -0.15) is 0 Å². The molecule has 0 aromatic heterocycles.